The van der Waals surface area contributed by atoms with Crippen molar-refractivity contribution in [2.75, 3.05) is 12.3 Å². The molecule has 0 unspecified atom stereocenters. The van der Waals surface area contributed by atoms with Crippen LogP contribution >= 0.6 is 10.2 Å². The number of benzene rings is 2. The van der Waals surface area contributed by atoms with Crippen molar-refractivity contribution in [3.8, 4) is 22.5 Å². The SMILES string of the molecule is Nc1ncc(-c2ccc(S(F)(F)(F)(F)F)cc2)nc1-c1ccc2c(c1)CCNC2=O. The highest BCUT2D eigenvalue weighted by Gasteiger charge is 2.65. The predicted molar refractivity (Wildman–Crippen MR) is 105 cm³/mol. The van der Waals surface area contributed by atoms with E-state index in [2.05, 4.69) is 15.3 Å². The molecule has 0 atom stereocenters. The zero-order valence-electron chi connectivity index (χ0n) is 15.2. The van der Waals surface area contributed by atoms with Crippen LogP contribution in [0.15, 0.2) is 53.6 Å². The van der Waals surface area contributed by atoms with E-state index < -0.39 is 15.1 Å². The lowest BCUT2D eigenvalue weighted by atomic mass is 9.96. The van der Waals surface area contributed by atoms with Crippen LogP contribution in [0.1, 0.15) is 15.9 Å². The second-order valence-corrected chi connectivity index (χ2v) is 9.27. The lowest BCUT2D eigenvalue weighted by Gasteiger charge is -2.40. The summed E-state index contributed by atoms with van der Waals surface area (Å²) in [7, 11) is -9.75. The number of halogens is 5. The monoisotopic (exact) mass is 442 g/mol. The molecular weight excluding hydrogens is 427 g/mol. The molecule has 1 amide bonds. The van der Waals surface area contributed by atoms with E-state index in [-0.39, 0.29) is 28.7 Å². The Bertz CT molecular complexity index is 1180. The average Bonchev–Trinajstić information content (AvgIpc) is 2.67. The summed E-state index contributed by atoms with van der Waals surface area (Å²) in [6, 6.07) is 7.51. The molecule has 0 radical (unpaired) electrons. The van der Waals surface area contributed by atoms with Gasteiger partial charge in [-0.2, -0.15) is 0 Å². The van der Waals surface area contributed by atoms with Crippen molar-refractivity contribution in [1.29, 1.82) is 0 Å². The highest BCUT2D eigenvalue weighted by atomic mass is 32.5. The minimum Gasteiger partial charge on any atom is -0.382 e. The Kier molecular flexibility index (Phi) is 3.95. The Morgan fingerprint density at radius 1 is 0.967 bits per heavy atom. The zero-order valence-corrected chi connectivity index (χ0v) is 16.0. The molecule has 0 fully saturated rings. The van der Waals surface area contributed by atoms with Crippen molar-refractivity contribution < 1.29 is 24.2 Å². The van der Waals surface area contributed by atoms with Gasteiger partial charge in [0.15, 0.2) is 0 Å². The molecule has 0 bridgehead atoms. The number of fused-ring (bicyclic) bond motifs is 1. The fourth-order valence-electron chi connectivity index (χ4n) is 3.21. The number of rotatable bonds is 3. The summed E-state index contributed by atoms with van der Waals surface area (Å²) < 4.78 is 64.6. The third-order valence-electron chi connectivity index (χ3n) is 4.70. The Labute approximate surface area is 167 Å². The predicted octanol–water partition coefficient (Wildman–Crippen LogP) is 5.34. The van der Waals surface area contributed by atoms with E-state index in [1.807, 2.05) is 0 Å². The highest BCUT2D eigenvalue weighted by Crippen LogP contribution is 3.02. The van der Waals surface area contributed by atoms with Gasteiger partial charge in [0.25, 0.3) is 5.91 Å². The molecule has 11 heteroatoms. The molecule has 3 N–H and O–H groups in total. The van der Waals surface area contributed by atoms with Crippen molar-refractivity contribution >= 4 is 21.9 Å². The topological polar surface area (TPSA) is 80.9 Å². The van der Waals surface area contributed by atoms with Gasteiger partial charge in [0.1, 0.15) is 16.4 Å². The normalized spacial score (nSPS) is 16.2. The molecule has 1 aliphatic rings. The van der Waals surface area contributed by atoms with Crippen LogP contribution in [0.5, 0.6) is 0 Å². The van der Waals surface area contributed by atoms with Crippen molar-refractivity contribution in [2.45, 2.75) is 11.3 Å². The van der Waals surface area contributed by atoms with Gasteiger partial charge < -0.3 is 11.1 Å². The number of nitrogens with two attached hydrogens (primary N) is 1. The molecule has 0 spiro atoms. The molecule has 1 aromatic heterocycles. The van der Waals surface area contributed by atoms with Gasteiger partial charge in [0.2, 0.25) is 0 Å². The van der Waals surface area contributed by atoms with Gasteiger partial charge in [-0.05, 0) is 36.2 Å². The van der Waals surface area contributed by atoms with Gasteiger partial charge >= 0.3 is 10.2 Å². The maximum atomic E-state index is 12.9. The number of nitrogens with one attached hydrogen (secondary N) is 1. The van der Waals surface area contributed by atoms with Crippen LogP contribution in [0.4, 0.5) is 25.2 Å². The summed E-state index contributed by atoms with van der Waals surface area (Å²) in [5.41, 5.74) is 8.47. The van der Waals surface area contributed by atoms with Gasteiger partial charge in [-0.3, -0.25) is 4.79 Å². The van der Waals surface area contributed by atoms with Gasteiger partial charge in [0, 0.05) is 23.2 Å². The van der Waals surface area contributed by atoms with Crippen LogP contribution in [0, 0.1) is 0 Å². The molecular formula is C19H15F5N4OS. The largest absolute Gasteiger partial charge is 0.382 e. The van der Waals surface area contributed by atoms with E-state index in [4.69, 9.17) is 5.73 Å². The van der Waals surface area contributed by atoms with Crippen molar-refractivity contribution in [1.82, 2.24) is 15.3 Å². The highest BCUT2D eigenvalue weighted by molar-refractivity contribution is 8.45. The van der Waals surface area contributed by atoms with E-state index in [1.165, 1.54) is 6.20 Å². The number of nitrogens with zero attached hydrogens (tertiary/aromatic N) is 2. The van der Waals surface area contributed by atoms with Gasteiger partial charge in [-0.1, -0.05) is 37.6 Å². The maximum Gasteiger partial charge on any atom is 0.310 e. The fraction of sp³-hybridized carbons (Fsp3) is 0.105. The molecule has 3 aromatic rings. The summed E-state index contributed by atoms with van der Waals surface area (Å²) in [5, 5.41) is 2.74. The molecule has 4 rings (SSSR count). The van der Waals surface area contributed by atoms with Crippen LogP contribution in [-0.4, -0.2) is 22.4 Å². The third kappa shape index (κ3) is 3.80. The Balaban J connectivity index is 1.74. The quantitative estimate of drug-likeness (QED) is 0.537. The third-order valence-corrected chi connectivity index (χ3v) is 5.86. The van der Waals surface area contributed by atoms with Crippen LogP contribution in [0.3, 0.4) is 0 Å². The number of carbonyl (C=O) groups excluding carboxylic acids is 1. The van der Waals surface area contributed by atoms with Crippen LogP contribution in [0.25, 0.3) is 22.5 Å². The summed E-state index contributed by atoms with van der Waals surface area (Å²) in [6.07, 6.45) is 1.87. The first-order valence-corrected chi connectivity index (χ1v) is 10.7. The smallest absolute Gasteiger partial charge is 0.310 e. The lowest BCUT2D eigenvalue weighted by Crippen LogP contribution is -2.31. The number of amides is 1. The first kappa shape index (κ1) is 20.1. The first-order chi connectivity index (χ1) is 13.8. The molecule has 0 saturated carbocycles. The summed E-state index contributed by atoms with van der Waals surface area (Å²) >= 11 is 0. The number of anilines is 1. The standard InChI is InChI=1S/C19H15F5N4OS/c20-30(21,22,23,24)14-4-1-11(2-5-14)16-10-27-18(25)17(28-16)13-3-6-15-12(9-13)7-8-26-19(15)29/h1-6,9-10H,7-8H2,(H2,25,27)(H,26,29). The molecule has 5 nitrogen and oxygen atoms in total. The first-order valence-electron chi connectivity index (χ1n) is 8.70. The molecule has 2 heterocycles. The van der Waals surface area contributed by atoms with Gasteiger partial charge in [-0.15, -0.1) is 0 Å². The zero-order chi connectivity index (χ0) is 21.8. The van der Waals surface area contributed by atoms with Crippen LogP contribution in [0.2, 0.25) is 0 Å². The maximum absolute atomic E-state index is 12.9. The molecule has 158 valence electrons. The Morgan fingerprint density at radius 2 is 1.63 bits per heavy atom. The fourth-order valence-corrected chi connectivity index (χ4v) is 3.86. The lowest BCUT2D eigenvalue weighted by molar-refractivity contribution is 0.0946. The van der Waals surface area contributed by atoms with E-state index in [0.29, 0.717) is 36.2 Å². The van der Waals surface area contributed by atoms with E-state index >= 15 is 0 Å². The Morgan fingerprint density at radius 3 is 2.30 bits per heavy atom. The number of carbonyl (C=O) groups is 1. The molecule has 1 aliphatic heterocycles. The molecule has 30 heavy (non-hydrogen) atoms. The second kappa shape index (κ2) is 5.91. The van der Waals surface area contributed by atoms with Crippen LogP contribution in [-0.2, 0) is 6.42 Å². The van der Waals surface area contributed by atoms with E-state index in [9.17, 15) is 24.2 Å². The number of aromatic nitrogens is 2. The second-order valence-electron chi connectivity index (χ2n) is 6.86. The minimum atomic E-state index is -9.75. The average molecular weight is 442 g/mol. The van der Waals surface area contributed by atoms with Crippen molar-refractivity contribution in [3.05, 3.63) is 59.8 Å². The van der Waals surface area contributed by atoms with Gasteiger partial charge in [0.05, 0.1) is 11.9 Å². The number of nitrogen functional groups attached to an aromatic ring is 1. The minimum absolute atomic E-state index is 0.0857. The number of hydrogen-bond acceptors (Lipinski definition) is 4. The van der Waals surface area contributed by atoms with Crippen molar-refractivity contribution in [3.63, 3.8) is 0 Å². The van der Waals surface area contributed by atoms with Crippen LogP contribution < -0.4 is 11.1 Å². The molecule has 0 saturated heterocycles. The van der Waals surface area contributed by atoms with Gasteiger partial charge in [-0.25, -0.2) is 9.97 Å². The Hall–Kier alpha value is -3.21. The summed E-state index contributed by atoms with van der Waals surface area (Å²) in [5.74, 6) is -0.0951. The van der Waals surface area contributed by atoms with E-state index in [1.54, 1.807) is 18.2 Å². The molecule has 0 aliphatic carbocycles. The summed E-state index contributed by atoms with van der Waals surface area (Å²) in [4.78, 5) is 18.3. The summed E-state index contributed by atoms with van der Waals surface area (Å²) in [6.45, 7) is 0.495. The van der Waals surface area contributed by atoms with E-state index in [0.717, 1.165) is 17.7 Å². The molecule has 2 aromatic carbocycles. The van der Waals surface area contributed by atoms with Crippen molar-refractivity contribution in [2.24, 2.45) is 0 Å². The number of hydrogen-bond donors (Lipinski definition) is 2.